The van der Waals surface area contributed by atoms with Crippen molar-refractivity contribution >= 4 is 23.0 Å². The van der Waals surface area contributed by atoms with Crippen LogP contribution in [0.4, 0.5) is 6.01 Å². The number of oxazole rings is 1. The molecule has 4 heterocycles. The summed E-state index contributed by atoms with van der Waals surface area (Å²) >= 11 is 0. The van der Waals surface area contributed by atoms with Crippen LogP contribution in [-0.2, 0) is 0 Å². The number of tetrazole rings is 1. The summed E-state index contributed by atoms with van der Waals surface area (Å²) < 4.78 is 7.19. The van der Waals surface area contributed by atoms with E-state index in [0.717, 1.165) is 11.1 Å². The predicted molar refractivity (Wildman–Crippen MR) is 93.4 cm³/mol. The molecule has 11 heteroatoms. The van der Waals surface area contributed by atoms with E-state index in [1.807, 2.05) is 29.2 Å². The zero-order valence-electron chi connectivity index (χ0n) is 14.2. The molecule has 0 saturated carbocycles. The second kappa shape index (κ2) is 6.20. The number of carbonyl (C=O) groups is 1. The smallest absolute Gasteiger partial charge is 0.298 e. The van der Waals surface area contributed by atoms with Gasteiger partial charge in [-0.2, -0.15) is 14.8 Å². The van der Waals surface area contributed by atoms with Gasteiger partial charge in [0.2, 0.25) is 0 Å². The number of H-pyrrole nitrogens is 1. The summed E-state index contributed by atoms with van der Waals surface area (Å²) in [5.74, 6) is 0.354. The van der Waals surface area contributed by atoms with Gasteiger partial charge < -0.3 is 14.2 Å². The number of fused-ring (bicyclic) bond motifs is 1. The number of benzene rings is 1. The summed E-state index contributed by atoms with van der Waals surface area (Å²) in [4.78, 5) is 21.0. The average Bonchev–Trinajstić information content (AvgIpc) is 3.47. The Labute approximate surface area is 152 Å². The summed E-state index contributed by atoms with van der Waals surface area (Å²) in [7, 11) is 0. The summed E-state index contributed by atoms with van der Waals surface area (Å²) in [5, 5.41) is 17.7. The Morgan fingerprint density at radius 1 is 1.15 bits per heavy atom. The number of hydrogen-bond donors (Lipinski definition) is 1. The first-order chi connectivity index (χ1) is 13.3. The van der Waals surface area contributed by atoms with E-state index in [4.69, 9.17) is 4.42 Å². The van der Waals surface area contributed by atoms with E-state index >= 15 is 0 Å². The molecule has 0 bridgehead atoms. The van der Waals surface area contributed by atoms with Crippen LogP contribution in [-0.4, -0.2) is 72.4 Å². The lowest BCUT2D eigenvalue weighted by Gasteiger charge is -2.33. The molecule has 5 rings (SSSR count). The number of piperazine rings is 1. The van der Waals surface area contributed by atoms with E-state index in [9.17, 15) is 4.79 Å². The Kier molecular flexibility index (Phi) is 3.56. The largest absolute Gasteiger partial charge is 0.423 e. The fourth-order valence-corrected chi connectivity index (χ4v) is 3.07. The molecule has 1 amide bonds. The number of para-hydroxylation sites is 2. The molecule has 1 aromatic carbocycles. The molecule has 3 aromatic heterocycles. The topological polar surface area (TPSA) is 122 Å². The lowest BCUT2D eigenvalue weighted by molar-refractivity contribution is 0.0739. The minimum atomic E-state index is -0.112. The summed E-state index contributed by atoms with van der Waals surface area (Å²) in [6.07, 6.45) is 1.42. The van der Waals surface area contributed by atoms with E-state index in [2.05, 4.69) is 30.7 Å². The van der Waals surface area contributed by atoms with Gasteiger partial charge in [-0.1, -0.05) is 12.1 Å². The highest BCUT2D eigenvalue weighted by Crippen LogP contribution is 2.22. The standard InChI is InChI=1S/C16H15N9O2/c26-15(12-9-14(20-19-12)25-10-17-21-22-25)23-5-7-24(8-6-23)16-18-11-3-1-2-4-13(11)27-16/h1-4,9-10H,5-8H2,(H,19,20). The van der Waals surface area contributed by atoms with Crippen molar-refractivity contribution < 1.29 is 9.21 Å². The maximum atomic E-state index is 12.7. The van der Waals surface area contributed by atoms with Gasteiger partial charge in [0.05, 0.1) is 0 Å². The molecule has 27 heavy (non-hydrogen) atoms. The first-order valence-electron chi connectivity index (χ1n) is 8.46. The normalized spacial score (nSPS) is 14.8. The van der Waals surface area contributed by atoms with E-state index in [1.54, 1.807) is 11.0 Å². The van der Waals surface area contributed by atoms with Crippen molar-refractivity contribution in [2.24, 2.45) is 0 Å². The first-order valence-corrected chi connectivity index (χ1v) is 8.46. The molecule has 0 radical (unpaired) electrons. The Balaban J connectivity index is 1.26. The predicted octanol–water partition coefficient (Wildman–Crippen LogP) is 0.489. The van der Waals surface area contributed by atoms with Crippen LogP contribution in [0.2, 0.25) is 0 Å². The van der Waals surface area contributed by atoms with Crippen molar-refractivity contribution in [3.05, 3.63) is 42.4 Å². The molecule has 0 unspecified atom stereocenters. The maximum absolute atomic E-state index is 12.7. The minimum absolute atomic E-state index is 0.112. The molecule has 1 aliphatic rings. The van der Waals surface area contributed by atoms with E-state index in [1.165, 1.54) is 11.0 Å². The lowest BCUT2D eigenvalue weighted by atomic mass is 10.3. The zero-order chi connectivity index (χ0) is 18.2. The van der Waals surface area contributed by atoms with Crippen molar-refractivity contribution in [1.29, 1.82) is 0 Å². The molecule has 1 aliphatic heterocycles. The van der Waals surface area contributed by atoms with Crippen molar-refractivity contribution in [3.8, 4) is 5.82 Å². The Morgan fingerprint density at radius 2 is 2.00 bits per heavy atom. The van der Waals surface area contributed by atoms with Crippen LogP contribution in [0.1, 0.15) is 10.5 Å². The Morgan fingerprint density at radius 3 is 2.78 bits per heavy atom. The van der Waals surface area contributed by atoms with Crippen molar-refractivity contribution in [2.45, 2.75) is 0 Å². The third kappa shape index (κ3) is 2.78. The summed E-state index contributed by atoms with van der Waals surface area (Å²) in [6.45, 7) is 2.42. The van der Waals surface area contributed by atoms with Crippen LogP contribution in [0.15, 0.2) is 41.1 Å². The van der Waals surface area contributed by atoms with Gasteiger partial charge in [0.15, 0.2) is 11.4 Å². The molecule has 0 aliphatic carbocycles. The van der Waals surface area contributed by atoms with Gasteiger partial charge in [0.25, 0.3) is 11.9 Å². The maximum Gasteiger partial charge on any atom is 0.298 e. The molecule has 1 N–H and O–H groups in total. The number of hydrogen-bond acceptors (Lipinski definition) is 8. The zero-order valence-corrected chi connectivity index (χ0v) is 14.2. The van der Waals surface area contributed by atoms with Gasteiger partial charge in [0, 0.05) is 32.2 Å². The first kappa shape index (κ1) is 15.5. The molecular weight excluding hydrogens is 350 g/mol. The number of nitrogens with one attached hydrogen (secondary N) is 1. The molecule has 4 aromatic rings. The lowest BCUT2D eigenvalue weighted by Crippen LogP contribution is -2.49. The van der Waals surface area contributed by atoms with Crippen LogP contribution >= 0.6 is 0 Å². The monoisotopic (exact) mass is 365 g/mol. The van der Waals surface area contributed by atoms with Crippen molar-refractivity contribution in [3.63, 3.8) is 0 Å². The molecule has 0 atom stereocenters. The fraction of sp³-hybridized carbons (Fsp3) is 0.250. The van der Waals surface area contributed by atoms with Gasteiger partial charge in [-0.05, 0) is 22.6 Å². The highest BCUT2D eigenvalue weighted by molar-refractivity contribution is 5.92. The third-order valence-corrected chi connectivity index (χ3v) is 4.50. The molecule has 1 fully saturated rings. The second-order valence-corrected chi connectivity index (χ2v) is 6.14. The van der Waals surface area contributed by atoms with Gasteiger partial charge >= 0.3 is 0 Å². The van der Waals surface area contributed by atoms with Crippen LogP contribution in [0, 0.1) is 0 Å². The van der Waals surface area contributed by atoms with Crippen molar-refractivity contribution in [2.75, 3.05) is 31.1 Å². The summed E-state index contributed by atoms with van der Waals surface area (Å²) in [6, 6.07) is 9.88. The van der Waals surface area contributed by atoms with Gasteiger partial charge in [-0.15, -0.1) is 5.10 Å². The number of aromatic nitrogens is 7. The molecule has 136 valence electrons. The number of rotatable bonds is 3. The van der Waals surface area contributed by atoms with Crippen molar-refractivity contribution in [1.82, 2.24) is 40.3 Å². The summed E-state index contributed by atoms with van der Waals surface area (Å²) in [5.41, 5.74) is 1.99. The average molecular weight is 365 g/mol. The molecule has 11 nitrogen and oxygen atoms in total. The number of amides is 1. The fourth-order valence-electron chi connectivity index (χ4n) is 3.07. The minimum Gasteiger partial charge on any atom is -0.423 e. The Bertz CT molecular complexity index is 1040. The molecular formula is C16H15N9O2. The SMILES string of the molecule is O=C(c1cc(-n2cnnn2)n[nH]1)N1CCN(c2nc3ccccc3o2)CC1. The van der Waals surface area contributed by atoms with Crippen LogP contribution in [0.5, 0.6) is 0 Å². The van der Waals surface area contributed by atoms with Gasteiger partial charge in [-0.25, -0.2) is 0 Å². The highest BCUT2D eigenvalue weighted by Gasteiger charge is 2.26. The number of carbonyl (C=O) groups excluding carboxylic acids is 1. The number of aromatic amines is 1. The van der Waals surface area contributed by atoms with E-state index in [-0.39, 0.29) is 5.91 Å². The van der Waals surface area contributed by atoms with Crippen LogP contribution in [0.3, 0.4) is 0 Å². The third-order valence-electron chi connectivity index (χ3n) is 4.50. The highest BCUT2D eigenvalue weighted by atomic mass is 16.4. The molecule has 0 spiro atoms. The van der Waals surface area contributed by atoms with E-state index < -0.39 is 0 Å². The van der Waals surface area contributed by atoms with Crippen LogP contribution in [0.25, 0.3) is 16.9 Å². The quantitative estimate of drug-likeness (QED) is 0.557. The number of anilines is 1. The van der Waals surface area contributed by atoms with Gasteiger partial charge in [0.1, 0.15) is 17.5 Å². The van der Waals surface area contributed by atoms with E-state index in [0.29, 0.717) is 43.7 Å². The van der Waals surface area contributed by atoms with Crippen LogP contribution < -0.4 is 4.90 Å². The second-order valence-electron chi connectivity index (χ2n) is 6.14. The molecule has 1 saturated heterocycles. The Hall–Kier alpha value is -3.76. The number of nitrogens with zero attached hydrogens (tertiary/aromatic N) is 8. The van der Waals surface area contributed by atoms with Gasteiger partial charge in [-0.3, -0.25) is 9.89 Å².